The van der Waals surface area contributed by atoms with E-state index in [0.29, 0.717) is 0 Å². The maximum Gasteiger partial charge on any atom is 0.225 e. The molecule has 2 atom stereocenters. The molecule has 2 N–H and O–H groups in total. The topological polar surface area (TPSA) is 112 Å². The molecule has 2 fully saturated rings. The lowest BCUT2D eigenvalue weighted by Gasteiger charge is -2.44. The van der Waals surface area contributed by atoms with Crippen LogP contribution in [0, 0.1) is 0 Å². The van der Waals surface area contributed by atoms with Crippen molar-refractivity contribution in [1.82, 2.24) is 34.6 Å². The third-order valence-electron chi connectivity index (χ3n) is 11.4. The predicted octanol–water partition coefficient (Wildman–Crippen LogP) is 6.97. The maximum atomic E-state index is 7.14. The molecular weight excluding hydrogens is 749 g/mol. The molecule has 6 rings (SSSR count). The van der Waals surface area contributed by atoms with Crippen LogP contribution in [0.25, 0.3) is 22.5 Å². The van der Waals surface area contributed by atoms with E-state index in [-0.39, 0.29) is 35.1 Å². The standard InChI is InChI=1S/C48H72N10O2/c1-33(2)59-43-15-13-35(29-37(43)47(5,6)7)40-17-19-50-45(52-40)57-23-21-55(22-24-57)31-39(49)42(32-54(11)12)56-25-27-58(28-26-56)46-51-20-18-41(53-46)36-14-16-44(60-34(3)4)38(30-36)48(8,9)10/h13-20,29-30,33-34,39,42H,21-28,31-32,49H2,1-12H3. The maximum absolute atomic E-state index is 7.14. The highest BCUT2D eigenvalue weighted by Gasteiger charge is 2.32. The Hall–Kier alpha value is -4.36. The largest absolute Gasteiger partial charge is 0.491 e. The van der Waals surface area contributed by atoms with Crippen LogP contribution in [0.2, 0.25) is 0 Å². The molecule has 0 spiro atoms. The molecule has 0 aliphatic carbocycles. The van der Waals surface area contributed by atoms with Gasteiger partial charge in [-0.2, -0.15) is 0 Å². The molecule has 12 heteroatoms. The van der Waals surface area contributed by atoms with Crippen molar-refractivity contribution >= 4 is 11.9 Å². The normalized spacial score (nSPS) is 17.1. The zero-order valence-electron chi connectivity index (χ0n) is 38.6. The average molecular weight is 821 g/mol. The number of benzene rings is 2. The summed E-state index contributed by atoms with van der Waals surface area (Å²) in [5.74, 6) is 3.41. The third-order valence-corrected chi connectivity index (χ3v) is 11.4. The van der Waals surface area contributed by atoms with Gasteiger partial charge in [0.25, 0.3) is 0 Å². The van der Waals surface area contributed by atoms with Gasteiger partial charge in [-0.05, 0) is 101 Å². The van der Waals surface area contributed by atoms with Crippen LogP contribution < -0.4 is 25.0 Å². The van der Waals surface area contributed by atoms with Gasteiger partial charge in [-0.15, -0.1) is 0 Å². The van der Waals surface area contributed by atoms with Gasteiger partial charge in [-0.1, -0.05) is 41.5 Å². The summed E-state index contributed by atoms with van der Waals surface area (Å²) < 4.78 is 12.4. The fourth-order valence-electron chi connectivity index (χ4n) is 8.29. The molecule has 0 amide bonds. The molecule has 2 aromatic heterocycles. The van der Waals surface area contributed by atoms with Gasteiger partial charge in [0.05, 0.1) is 23.6 Å². The molecule has 2 saturated heterocycles. The molecule has 2 aliphatic rings. The number of nitrogens with two attached hydrogens (primary N) is 1. The van der Waals surface area contributed by atoms with E-state index in [1.54, 1.807) is 0 Å². The van der Waals surface area contributed by atoms with Crippen LogP contribution in [-0.4, -0.2) is 138 Å². The van der Waals surface area contributed by atoms with E-state index in [1.807, 2.05) is 24.5 Å². The van der Waals surface area contributed by atoms with Gasteiger partial charge < -0.3 is 29.9 Å². The molecule has 0 bridgehead atoms. The lowest BCUT2D eigenvalue weighted by Crippen LogP contribution is -2.62. The summed E-state index contributed by atoms with van der Waals surface area (Å²) in [5, 5.41) is 0. The van der Waals surface area contributed by atoms with Crippen molar-refractivity contribution in [3.05, 3.63) is 72.1 Å². The van der Waals surface area contributed by atoms with Crippen LogP contribution in [0.5, 0.6) is 11.5 Å². The molecule has 326 valence electrons. The highest BCUT2D eigenvalue weighted by Crippen LogP contribution is 2.37. The molecule has 2 aromatic carbocycles. The molecule has 2 unspecified atom stereocenters. The van der Waals surface area contributed by atoms with Crippen molar-refractivity contribution in [3.8, 4) is 34.0 Å². The number of ether oxygens (including phenoxy) is 2. The average Bonchev–Trinajstić information content (AvgIpc) is 3.19. The highest BCUT2D eigenvalue weighted by atomic mass is 16.5. The Morgan fingerprint density at radius 2 is 1.07 bits per heavy atom. The number of rotatable bonds is 14. The number of nitrogens with zero attached hydrogens (tertiary/aromatic N) is 9. The Bertz CT molecular complexity index is 2010. The molecule has 4 aromatic rings. The minimum absolute atomic E-state index is 0.00368. The van der Waals surface area contributed by atoms with Crippen LogP contribution in [0.4, 0.5) is 11.9 Å². The van der Waals surface area contributed by atoms with Crippen molar-refractivity contribution in [3.63, 3.8) is 0 Å². The van der Waals surface area contributed by atoms with Gasteiger partial charge in [-0.3, -0.25) is 9.80 Å². The molecule has 4 heterocycles. The monoisotopic (exact) mass is 821 g/mol. The van der Waals surface area contributed by atoms with Crippen LogP contribution in [0.1, 0.15) is 80.4 Å². The first-order valence-corrected chi connectivity index (χ1v) is 22.0. The number of aromatic nitrogens is 4. The van der Waals surface area contributed by atoms with Gasteiger partial charge in [-0.25, -0.2) is 19.9 Å². The van der Waals surface area contributed by atoms with E-state index in [1.165, 1.54) is 11.1 Å². The number of piperazine rings is 2. The van der Waals surface area contributed by atoms with Crippen molar-refractivity contribution in [2.24, 2.45) is 5.73 Å². The van der Waals surface area contributed by atoms with Crippen molar-refractivity contribution < 1.29 is 9.47 Å². The SMILES string of the molecule is CC(C)Oc1ccc(-c2ccnc(N3CCN(CC(N)C(CN(C)C)N4CCN(c5nccc(-c6ccc(OC(C)C)c(C(C)(C)C)c6)n5)CC4)CC3)n2)cc1C(C)(C)C. The molecular formula is C48H72N10O2. The first-order valence-electron chi connectivity index (χ1n) is 22.0. The van der Waals surface area contributed by atoms with Gasteiger partial charge in [0, 0.05) is 112 Å². The first kappa shape index (κ1) is 45.2. The van der Waals surface area contributed by atoms with Crippen LogP contribution in [0.15, 0.2) is 60.9 Å². The fraction of sp³-hybridized carbons (Fsp3) is 0.583. The second kappa shape index (κ2) is 19.1. The van der Waals surface area contributed by atoms with E-state index in [0.717, 1.165) is 111 Å². The summed E-state index contributed by atoms with van der Waals surface area (Å²) in [5.41, 5.74) is 13.4. The summed E-state index contributed by atoms with van der Waals surface area (Å²) in [6.07, 6.45) is 3.99. The Labute approximate surface area is 360 Å². The zero-order valence-corrected chi connectivity index (χ0v) is 38.6. The number of hydrogen-bond acceptors (Lipinski definition) is 12. The smallest absolute Gasteiger partial charge is 0.225 e. The van der Waals surface area contributed by atoms with Gasteiger partial charge >= 0.3 is 0 Å². The van der Waals surface area contributed by atoms with E-state index in [4.69, 9.17) is 35.1 Å². The Kier molecular flexibility index (Phi) is 14.4. The Balaban J connectivity index is 1.06. The van der Waals surface area contributed by atoms with Gasteiger partial charge in [0.2, 0.25) is 11.9 Å². The van der Waals surface area contributed by atoms with E-state index >= 15 is 0 Å². The molecule has 60 heavy (non-hydrogen) atoms. The van der Waals surface area contributed by atoms with E-state index in [9.17, 15) is 0 Å². The zero-order chi connectivity index (χ0) is 43.4. The van der Waals surface area contributed by atoms with Crippen molar-refractivity contribution in [2.45, 2.75) is 104 Å². The fourth-order valence-corrected chi connectivity index (χ4v) is 8.29. The van der Waals surface area contributed by atoms with E-state index in [2.05, 4.69) is 144 Å². The lowest BCUT2D eigenvalue weighted by molar-refractivity contribution is 0.111. The minimum Gasteiger partial charge on any atom is -0.491 e. The second-order valence-electron chi connectivity index (χ2n) is 19.5. The summed E-state index contributed by atoms with van der Waals surface area (Å²) in [4.78, 5) is 31.6. The molecule has 2 aliphatic heterocycles. The number of hydrogen-bond donors (Lipinski definition) is 1. The summed E-state index contributed by atoms with van der Waals surface area (Å²) in [7, 11) is 4.29. The number of anilines is 2. The van der Waals surface area contributed by atoms with Gasteiger partial charge in [0.1, 0.15) is 11.5 Å². The van der Waals surface area contributed by atoms with Crippen LogP contribution >= 0.6 is 0 Å². The van der Waals surface area contributed by atoms with Crippen LogP contribution in [0.3, 0.4) is 0 Å². The quantitative estimate of drug-likeness (QED) is 0.142. The first-order chi connectivity index (χ1) is 28.3. The highest BCUT2D eigenvalue weighted by molar-refractivity contribution is 5.65. The molecule has 0 saturated carbocycles. The van der Waals surface area contributed by atoms with Gasteiger partial charge in [0.15, 0.2) is 0 Å². The predicted molar refractivity (Wildman–Crippen MR) is 247 cm³/mol. The lowest BCUT2D eigenvalue weighted by atomic mass is 9.85. The van der Waals surface area contributed by atoms with Crippen molar-refractivity contribution in [2.75, 3.05) is 89.3 Å². The van der Waals surface area contributed by atoms with Crippen molar-refractivity contribution in [1.29, 1.82) is 0 Å². The Morgan fingerprint density at radius 1 is 0.633 bits per heavy atom. The number of likely N-dealkylation sites (N-methyl/N-ethyl adjacent to an activating group) is 1. The molecule has 12 nitrogen and oxygen atoms in total. The van der Waals surface area contributed by atoms with Crippen LogP contribution in [-0.2, 0) is 10.8 Å². The summed E-state index contributed by atoms with van der Waals surface area (Å²) >= 11 is 0. The summed E-state index contributed by atoms with van der Waals surface area (Å²) in [6, 6.07) is 17.1. The second-order valence-corrected chi connectivity index (χ2v) is 19.5. The van der Waals surface area contributed by atoms with E-state index < -0.39 is 0 Å². The minimum atomic E-state index is -0.0680. The third kappa shape index (κ3) is 11.5. The molecule has 0 radical (unpaired) electrons. The summed E-state index contributed by atoms with van der Waals surface area (Å²) in [6.45, 7) is 30.4. The Morgan fingerprint density at radius 3 is 1.47 bits per heavy atom.